The Kier molecular flexibility index (Phi) is 19.3. The molecule has 0 aliphatic rings. The normalized spacial score (nSPS) is 13.6. The van der Waals surface area contributed by atoms with Crippen LogP contribution in [0.5, 0.6) is 5.75 Å². The molecule has 3 unspecified atom stereocenters. The first-order chi connectivity index (χ1) is 19.6. The Bertz CT molecular complexity index is 1040. The molecule has 0 fully saturated rings. The van der Waals surface area contributed by atoms with Crippen LogP contribution >= 0.6 is 20.2 Å². The zero-order valence-corrected chi connectivity index (χ0v) is 29.4. The van der Waals surface area contributed by atoms with Crippen LogP contribution in [0.4, 0.5) is 8.78 Å². The highest BCUT2D eigenvalue weighted by molar-refractivity contribution is 7.18. The van der Waals surface area contributed by atoms with Crippen LogP contribution in [0.2, 0.25) is 0 Å². The second-order valence-electron chi connectivity index (χ2n) is 12.7. The number of alkyl halides is 2. The number of rotatable bonds is 14. The van der Waals surface area contributed by atoms with Crippen molar-refractivity contribution in [2.75, 3.05) is 0 Å². The van der Waals surface area contributed by atoms with Crippen LogP contribution in [-0.4, -0.2) is 29.0 Å². The molecule has 0 radical (unpaired) electrons. The highest BCUT2D eigenvalue weighted by Crippen LogP contribution is 2.39. The molecule has 0 saturated carbocycles. The molecule has 0 bridgehead atoms. The number of aromatic nitrogens is 1. The van der Waals surface area contributed by atoms with E-state index in [9.17, 15) is 8.78 Å². The molecule has 2 rings (SSSR count). The average molecular weight is 628 g/mol. The molecule has 1 aromatic carbocycles. The summed E-state index contributed by atoms with van der Waals surface area (Å²) in [6, 6.07) is 5.25. The maximum atomic E-state index is 12.6. The van der Waals surface area contributed by atoms with Crippen LogP contribution in [0.25, 0.3) is 10.6 Å². The Hall–Kier alpha value is -1.85. The number of benzene rings is 1. The molecule has 0 spiro atoms. The van der Waals surface area contributed by atoms with Gasteiger partial charge in [-0.05, 0) is 60.1 Å². The van der Waals surface area contributed by atoms with Gasteiger partial charge in [0.1, 0.15) is 10.8 Å². The lowest BCUT2D eigenvalue weighted by molar-refractivity contribution is -0.122. The van der Waals surface area contributed by atoms with Gasteiger partial charge in [-0.25, -0.2) is 4.98 Å². The lowest BCUT2D eigenvalue weighted by Crippen LogP contribution is -2.25. The topological polar surface area (TPSA) is 59.4 Å². The summed E-state index contributed by atoms with van der Waals surface area (Å²) in [6.45, 7) is 19.7. The van der Waals surface area contributed by atoms with E-state index in [1.165, 1.54) is 49.9 Å². The summed E-state index contributed by atoms with van der Waals surface area (Å²) in [5.74, 6) is 4.78. The molecule has 0 amide bonds. The third-order valence-corrected chi connectivity index (χ3v) is 9.83. The third kappa shape index (κ3) is 14.6. The van der Waals surface area contributed by atoms with Crippen LogP contribution in [0.15, 0.2) is 24.4 Å². The highest BCUT2D eigenvalue weighted by Gasteiger charge is 2.28. The van der Waals surface area contributed by atoms with Crippen LogP contribution in [0, 0.1) is 23.2 Å². The molecule has 0 saturated heterocycles. The lowest BCUT2D eigenvalue weighted by Gasteiger charge is -2.35. The van der Waals surface area contributed by atoms with Crippen LogP contribution in [-0.2, 0) is 16.6 Å². The first kappa shape index (κ1) is 40.1. The molecule has 8 heteroatoms. The quantitative estimate of drug-likeness (QED) is 0.167. The molecule has 240 valence electrons. The van der Waals surface area contributed by atoms with Gasteiger partial charge >= 0.3 is 6.61 Å². The van der Waals surface area contributed by atoms with Gasteiger partial charge in [0.15, 0.2) is 0 Å². The van der Waals surface area contributed by atoms with E-state index in [-0.39, 0.29) is 17.6 Å². The third-order valence-electron chi connectivity index (χ3n) is 7.93. The number of aryl methyl sites for hydroxylation is 1. The maximum Gasteiger partial charge on any atom is 0.387 e. The van der Waals surface area contributed by atoms with Gasteiger partial charge in [0.2, 0.25) is 0 Å². The summed E-state index contributed by atoms with van der Waals surface area (Å²) in [5.41, 5.74) is 1.83. The molecule has 4 nitrogen and oxygen atoms in total. The number of hydrogen-bond donors (Lipinski definition) is 1. The van der Waals surface area contributed by atoms with Gasteiger partial charge in [0.25, 0.3) is 6.47 Å². The van der Waals surface area contributed by atoms with E-state index < -0.39 is 6.61 Å². The fraction of sp³-hybridized carbons (Fsp3) is 0.676. The molecule has 3 atom stereocenters. The minimum absolute atomic E-state index is 0.153. The van der Waals surface area contributed by atoms with Crippen molar-refractivity contribution in [1.29, 1.82) is 0 Å². The van der Waals surface area contributed by atoms with Crippen LogP contribution < -0.4 is 4.74 Å². The summed E-state index contributed by atoms with van der Waals surface area (Å²) in [4.78, 5) is 13.8. The fourth-order valence-corrected chi connectivity index (χ4v) is 5.77. The van der Waals surface area contributed by atoms with E-state index in [2.05, 4.69) is 67.1 Å². The van der Waals surface area contributed by atoms with Gasteiger partial charge in [-0.15, -0.1) is 20.2 Å². The summed E-state index contributed by atoms with van der Waals surface area (Å²) in [6.07, 6.45) is 11.0. The van der Waals surface area contributed by atoms with Crippen molar-refractivity contribution in [1.82, 2.24) is 4.98 Å². The molecule has 0 aliphatic carbocycles. The highest BCUT2D eigenvalue weighted by atomic mass is 32.1. The van der Waals surface area contributed by atoms with Crippen molar-refractivity contribution in [2.24, 2.45) is 23.2 Å². The molecule has 1 heterocycles. The lowest BCUT2D eigenvalue weighted by atomic mass is 9.70. The average Bonchev–Trinajstić information content (AvgIpc) is 3.41. The molecule has 2 aromatic rings. The van der Waals surface area contributed by atoms with E-state index in [1.807, 2.05) is 32.6 Å². The molecular formula is C34H56F2NO3PS. The fourth-order valence-electron chi connectivity index (χ4n) is 4.73. The van der Waals surface area contributed by atoms with E-state index in [0.717, 1.165) is 34.6 Å². The predicted octanol–water partition coefficient (Wildman–Crippen LogP) is 11.2. The number of ether oxygens (including phenoxy) is 1. The predicted molar refractivity (Wildman–Crippen MR) is 180 cm³/mol. The van der Waals surface area contributed by atoms with Crippen molar-refractivity contribution in [3.05, 3.63) is 34.8 Å². The Morgan fingerprint density at radius 1 is 1.07 bits per heavy atom. The first-order valence-electron chi connectivity index (χ1n) is 15.3. The zero-order valence-electron chi connectivity index (χ0n) is 27.6. The summed E-state index contributed by atoms with van der Waals surface area (Å²) < 4.78 is 29.9. The van der Waals surface area contributed by atoms with E-state index in [1.54, 1.807) is 18.3 Å². The number of halogens is 2. The Labute approximate surface area is 260 Å². The molecule has 1 N–H and O–H groups in total. The first-order valence-corrected chi connectivity index (χ1v) is 16.7. The minimum Gasteiger partial charge on any atom is -0.483 e. The van der Waals surface area contributed by atoms with Crippen LogP contribution in [0.3, 0.4) is 0 Å². The van der Waals surface area contributed by atoms with E-state index >= 15 is 0 Å². The SMILES string of the molecule is CCCC(CC)CC(CC(C)CC)C(C)(C)C.CCc1cnc(-c2cc(C(C)(C)C=P)ccc2OC(F)F)s1.O=CO. The zero-order chi connectivity index (χ0) is 32.5. The summed E-state index contributed by atoms with van der Waals surface area (Å²) in [7, 11) is 3.42. The molecular weight excluding hydrogens is 571 g/mol. The van der Waals surface area contributed by atoms with Crippen molar-refractivity contribution in [3.8, 4) is 16.3 Å². The standard InChI is InChI=1S/C17H36.C16H18F2NOPS.CH2O2/c1-8-11-15(10-3)13-16(17(5,6)7)12-14(4)9-2;1-4-11-8-19-14(22-11)12-7-10(16(2,3)9-21)5-6-13(12)20-15(17)18;2-1-3/h14-16H,8-13H2,1-7H3;5-9,15,21H,4H2,1-3H3;1H,(H,2,3). The molecule has 42 heavy (non-hydrogen) atoms. The van der Waals surface area contributed by atoms with Crippen molar-refractivity contribution >= 4 is 32.5 Å². The van der Waals surface area contributed by atoms with E-state index in [0.29, 0.717) is 16.0 Å². The monoisotopic (exact) mass is 627 g/mol. The van der Waals surface area contributed by atoms with Crippen LogP contribution in [0.1, 0.15) is 118 Å². The van der Waals surface area contributed by atoms with Gasteiger partial charge in [-0.1, -0.05) is 107 Å². The number of thiazole rings is 1. The van der Waals surface area contributed by atoms with Crippen molar-refractivity contribution in [2.45, 2.75) is 126 Å². The van der Waals surface area contributed by atoms with Gasteiger partial charge in [0.05, 0.1) is 5.56 Å². The molecule has 1 aromatic heterocycles. The summed E-state index contributed by atoms with van der Waals surface area (Å²) in [5, 5.41) is 7.58. The number of hydrogen-bond acceptors (Lipinski definition) is 4. The minimum atomic E-state index is -2.86. The van der Waals surface area contributed by atoms with Gasteiger partial charge in [0, 0.05) is 16.5 Å². The van der Waals surface area contributed by atoms with Gasteiger partial charge in [-0.3, -0.25) is 4.79 Å². The summed E-state index contributed by atoms with van der Waals surface area (Å²) >= 11 is 1.50. The second kappa shape index (κ2) is 20.2. The van der Waals surface area contributed by atoms with Gasteiger partial charge in [-0.2, -0.15) is 8.78 Å². The van der Waals surface area contributed by atoms with Crippen molar-refractivity contribution < 1.29 is 23.4 Å². The number of carbonyl (C=O) groups is 1. The maximum absolute atomic E-state index is 12.6. The van der Waals surface area contributed by atoms with Crippen molar-refractivity contribution in [3.63, 3.8) is 0 Å². The molecule has 0 aliphatic heterocycles. The number of nitrogens with zero attached hydrogens (tertiary/aromatic N) is 1. The number of carboxylic acid groups (broad SMARTS) is 1. The Balaban J connectivity index is 0.000000755. The van der Waals surface area contributed by atoms with Gasteiger partial charge < -0.3 is 9.84 Å². The largest absolute Gasteiger partial charge is 0.483 e. The smallest absolute Gasteiger partial charge is 0.387 e. The van der Waals surface area contributed by atoms with E-state index in [4.69, 9.17) is 9.90 Å². The Morgan fingerprint density at radius 2 is 1.69 bits per heavy atom. The second-order valence-corrected chi connectivity index (χ2v) is 14.1. The Morgan fingerprint density at radius 3 is 2.12 bits per heavy atom.